The molecule has 2 rings (SSSR count). The molecular weight excluding hydrogens is 267 g/mol. The number of aryl methyl sites for hydroxylation is 2. The van der Waals surface area contributed by atoms with E-state index in [1.165, 1.54) is 12.1 Å². The van der Waals surface area contributed by atoms with Crippen LogP contribution in [-0.2, 0) is 6.54 Å². The van der Waals surface area contributed by atoms with Gasteiger partial charge in [0.15, 0.2) is 0 Å². The summed E-state index contributed by atoms with van der Waals surface area (Å²) in [5.41, 5.74) is 2.72. The molecule has 0 fully saturated rings. The fourth-order valence-corrected chi connectivity index (χ4v) is 2.44. The van der Waals surface area contributed by atoms with E-state index in [0.717, 1.165) is 22.6 Å². The van der Waals surface area contributed by atoms with Crippen molar-refractivity contribution in [1.82, 2.24) is 10.5 Å². The van der Waals surface area contributed by atoms with Gasteiger partial charge < -0.3 is 9.84 Å². The van der Waals surface area contributed by atoms with E-state index in [-0.39, 0.29) is 11.9 Å². The smallest absolute Gasteiger partial charge is 0.138 e. The summed E-state index contributed by atoms with van der Waals surface area (Å²) in [5, 5.41) is 7.64. The standard InChI is InChI=1S/C14H16ClFN2O/c1-8(14-9(2)18-19-10(14)3)17-7-11-4-12(15)6-13(16)5-11/h4-6,8,17H,7H2,1-3H3. The molecule has 0 saturated heterocycles. The molecule has 1 atom stereocenters. The summed E-state index contributed by atoms with van der Waals surface area (Å²) < 4.78 is 18.4. The van der Waals surface area contributed by atoms with Crippen molar-refractivity contribution in [2.75, 3.05) is 0 Å². The van der Waals surface area contributed by atoms with E-state index in [1.807, 2.05) is 20.8 Å². The van der Waals surface area contributed by atoms with Crippen LogP contribution in [0.3, 0.4) is 0 Å². The van der Waals surface area contributed by atoms with Crippen LogP contribution in [-0.4, -0.2) is 5.16 Å². The van der Waals surface area contributed by atoms with Crippen molar-refractivity contribution in [3.8, 4) is 0 Å². The molecule has 0 bridgehead atoms. The van der Waals surface area contributed by atoms with Gasteiger partial charge in [-0.25, -0.2) is 4.39 Å². The Balaban J connectivity index is 2.06. The van der Waals surface area contributed by atoms with Gasteiger partial charge in [0.1, 0.15) is 11.6 Å². The Kier molecular flexibility index (Phi) is 4.22. The highest BCUT2D eigenvalue weighted by Crippen LogP contribution is 2.21. The lowest BCUT2D eigenvalue weighted by Crippen LogP contribution is -2.19. The quantitative estimate of drug-likeness (QED) is 0.923. The van der Waals surface area contributed by atoms with Gasteiger partial charge in [-0.1, -0.05) is 16.8 Å². The Bertz CT molecular complexity index is 543. The molecule has 1 heterocycles. The molecule has 0 radical (unpaired) electrons. The van der Waals surface area contributed by atoms with Crippen LogP contribution in [0.1, 0.15) is 35.5 Å². The number of aromatic nitrogens is 1. The molecule has 1 unspecified atom stereocenters. The summed E-state index contributed by atoms with van der Waals surface area (Å²) in [5.74, 6) is 0.476. The first-order valence-corrected chi connectivity index (χ1v) is 6.46. The monoisotopic (exact) mass is 282 g/mol. The molecule has 0 aliphatic heterocycles. The number of nitrogens with zero attached hydrogens (tertiary/aromatic N) is 1. The zero-order valence-electron chi connectivity index (χ0n) is 11.1. The molecule has 0 aliphatic carbocycles. The van der Waals surface area contributed by atoms with Crippen molar-refractivity contribution in [2.24, 2.45) is 0 Å². The zero-order chi connectivity index (χ0) is 14.0. The highest BCUT2D eigenvalue weighted by atomic mass is 35.5. The molecule has 0 spiro atoms. The lowest BCUT2D eigenvalue weighted by atomic mass is 10.1. The maximum absolute atomic E-state index is 13.2. The summed E-state index contributed by atoms with van der Waals surface area (Å²) in [6.07, 6.45) is 0. The lowest BCUT2D eigenvalue weighted by Gasteiger charge is -2.14. The number of halogens is 2. The van der Waals surface area contributed by atoms with Crippen LogP contribution in [0.5, 0.6) is 0 Å². The van der Waals surface area contributed by atoms with Gasteiger partial charge >= 0.3 is 0 Å². The Morgan fingerprint density at radius 3 is 2.68 bits per heavy atom. The Hall–Kier alpha value is -1.39. The second-order valence-electron chi connectivity index (χ2n) is 4.62. The predicted octanol–water partition coefficient (Wildman–Crippen LogP) is 3.93. The van der Waals surface area contributed by atoms with E-state index >= 15 is 0 Å². The molecular formula is C14H16ClFN2O. The maximum atomic E-state index is 13.2. The van der Waals surface area contributed by atoms with E-state index in [4.69, 9.17) is 16.1 Å². The van der Waals surface area contributed by atoms with Crippen molar-refractivity contribution < 1.29 is 8.91 Å². The van der Waals surface area contributed by atoms with E-state index in [0.29, 0.717) is 11.6 Å². The SMILES string of the molecule is Cc1noc(C)c1C(C)NCc1cc(F)cc(Cl)c1. The summed E-state index contributed by atoms with van der Waals surface area (Å²) in [6.45, 7) is 6.34. The van der Waals surface area contributed by atoms with Gasteiger partial charge in [-0.2, -0.15) is 0 Å². The first-order valence-electron chi connectivity index (χ1n) is 6.08. The van der Waals surface area contributed by atoms with Crippen LogP contribution < -0.4 is 5.32 Å². The topological polar surface area (TPSA) is 38.1 Å². The van der Waals surface area contributed by atoms with Crippen molar-refractivity contribution in [1.29, 1.82) is 0 Å². The first kappa shape index (κ1) is 14.0. The average molecular weight is 283 g/mol. The van der Waals surface area contributed by atoms with Crippen molar-refractivity contribution >= 4 is 11.6 Å². The largest absolute Gasteiger partial charge is 0.361 e. The normalized spacial score (nSPS) is 12.7. The minimum absolute atomic E-state index is 0.0771. The Labute approximate surface area is 116 Å². The second kappa shape index (κ2) is 5.72. The molecule has 1 N–H and O–H groups in total. The molecule has 5 heteroatoms. The van der Waals surface area contributed by atoms with Crippen LogP contribution in [0.4, 0.5) is 4.39 Å². The summed E-state index contributed by atoms with van der Waals surface area (Å²) in [4.78, 5) is 0. The molecule has 0 saturated carbocycles. The minimum Gasteiger partial charge on any atom is -0.361 e. The minimum atomic E-state index is -0.325. The van der Waals surface area contributed by atoms with E-state index < -0.39 is 0 Å². The lowest BCUT2D eigenvalue weighted by molar-refractivity contribution is 0.390. The van der Waals surface area contributed by atoms with Crippen molar-refractivity contribution in [2.45, 2.75) is 33.4 Å². The highest BCUT2D eigenvalue weighted by Gasteiger charge is 2.15. The molecule has 0 aliphatic rings. The van der Waals surface area contributed by atoms with Crippen LogP contribution in [0.25, 0.3) is 0 Å². The zero-order valence-corrected chi connectivity index (χ0v) is 11.9. The maximum Gasteiger partial charge on any atom is 0.138 e. The number of hydrogen-bond donors (Lipinski definition) is 1. The number of benzene rings is 1. The highest BCUT2D eigenvalue weighted by molar-refractivity contribution is 6.30. The number of hydrogen-bond acceptors (Lipinski definition) is 3. The first-order chi connectivity index (χ1) is 8.97. The van der Waals surface area contributed by atoms with Gasteiger partial charge in [-0.15, -0.1) is 0 Å². The van der Waals surface area contributed by atoms with Gasteiger partial charge in [0.05, 0.1) is 5.69 Å². The van der Waals surface area contributed by atoms with Gasteiger partial charge in [0, 0.05) is 23.2 Å². The third-order valence-corrected chi connectivity index (χ3v) is 3.27. The Morgan fingerprint density at radius 2 is 2.11 bits per heavy atom. The van der Waals surface area contributed by atoms with E-state index in [9.17, 15) is 4.39 Å². The Morgan fingerprint density at radius 1 is 1.37 bits per heavy atom. The summed E-state index contributed by atoms with van der Waals surface area (Å²) in [6, 6.07) is 4.59. The van der Waals surface area contributed by atoms with Crippen LogP contribution in [0.2, 0.25) is 5.02 Å². The summed E-state index contributed by atoms with van der Waals surface area (Å²) in [7, 11) is 0. The predicted molar refractivity (Wildman–Crippen MR) is 72.6 cm³/mol. The molecule has 3 nitrogen and oxygen atoms in total. The summed E-state index contributed by atoms with van der Waals surface area (Å²) >= 11 is 5.82. The van der Waals surface area contributed by atoms with Crippen molar-refractivity contribution in [3.63, 3.8) is 0 Å². The van der Waals surface area contributed by atoms with Gasteiger partial charge in [-0.3, -0.25) is 0 Å². The fourth-order valence-electron chi connectivity index (χ4n) is 2.19. The van der Waals surface area contributed by atoms with Crippen LogP contribution in [0.15, 0.2) is 22.7 Å². The van der Waals surface area contributed by atoms with E-state index in [1.54, 1.807) is 6.07 Å². The van der Waals surface area contributed by atoms with Crippen molar-refractivity contribution in [3.05, 3.63) is 51.6 Å². The third-order valence-electron chi connectivity index (χ3n) is 3.06. The molecule has 2 aromatic rings. The fraction of sp³-hybridized carbons (Fsp3) is 0.357. The van der Waals surface area contributed by atoms with Gasteiger partial charge in [0.2, 0.25) is 0 Å². The number of nitrogens with one attached hydrogen (secondary N) is 1. The molecule has 0 amide bonds. The molecule has 1 aromatic heterocycles. The average Bonchev–Trinajstić information content (AvgIpc) is 2.65. The van der Waals surface area contributed by atoms with Gasteiger partial charge in [-0.05, 0) is 44.5 Å². The second-order valence-corrected chi connectivity index (χ2v) is 5.05. The van der Waals surface area contributed by atoms with Gasteiger partial charge in [0.25, 0.3) is 0 Å². The molecule has 1 aromatic carbocycles. The van der Waals surface area contributed by atoms with Crippen LogP contribution >= 0.6 is 11.6 Å². The van der Waals surface area contributed by atoms with Crippen LogP contribution in [0, 0.1) is 19.7 Å². The number of rotatable bonds is 4. The third kappa shape index (κ3) is 3.33. The molecule has 19 heavy (non-hydrogen) atoms. The van der Waals surface area contributed by atoms with E-state index in [2.05, 4.69) is 10.5 Å². The molecule has 102 valence electrons.